The molecule has 0 radical (unpaired) electrons. The minimum absolute atomic E-state index is 0.0174. The van der Waals surface area contributed by atoms with Gasteiger partial charge in [0.15, 0.2) is 0 Å². The second kappa shape index (κ2) is 40.9. The van der Waals surface area contributed by atoms with E-state index < -0.39 is 17.9 Å². The highest BCUT2D eigenvalue weighted by Gasteiger charge is 2.13. The number of esters is 5. The molecule has 16 heteroatoms. The molecule has 16 nitrogen and oxygen atoms in total. The normalized spacial score (nSPS) is 10.5. The zero-order valence-electron chi connectivity index (χ0n) is 47.1. The van der Waals surface area contributed by atoms with Gasteiger partial charge in [-0.05, 0) is 167 Å². The predicted octanol–water partition coefficient (Wildman–Crippen LogP) is 13.1. The number of carboxylic acid groups (broad SMARTS) is 1. The molecule has 430 valence electrons. The van der Waals surface area contributed by atoms with Crippen LogP contribution in [0.3, 0.4) is 0 Å². The molecular formula is C64H79NO15. The van der Waals surface area contributed by atoms with Gasteiger partial charge in [0, 0.05) is 23.3 Å². The summed E-state index contributed by atoms with van der Waals surface area (Å²) in [5, 5.41) is 24.2. The van der Waals surface area contributed by atoms with Crippen LogP contribution in [0.1, 0.15) is 154 Å². The monoisotopic (exact) mass is 1100 g/mol. The molecule has 0 amide bonds. The average Bonchev–Trinajstić information content (AvgIpc) is 3.44. The molecule has 0 atom stereocenters. The fourth-order valence-electron chi connectivity index (χ4n) is 6.88. The van der Waals surface area contributed by atoms with E-state index >= 15 is 0 Å². The molecule has 0 heterocycles. The third-order valence-corrected chi connectivity index (χ3v) is 11.3. The van der Waals surface area contributed by atoms with Crippen LogP contribution < -0.4 is 18.9 Å². The Morgan fingerprint density at radius 3 is 1.26 bits per heavy atom. The maximum Gasteiger partial charge on any atom is 0.343 e. The van der Waals surface area contributed by atoms with Crippen molar-refractivity contribution in [3.05, 3.63) is 155 Å². The minimum atomic E-state index is -1.02. The van der Waals surface area contributed by atoms with Crippen molar-refractivity contribution in [1.82, 2.24) is 0 Å². The SMILES string of the molecule is C=C(C)C(=O)OCCCCCCCCOc1ccc(C(=O)Oc2ccc(/C=C/C(=O)O)cc2C)cc1.C=C(C)C(=O)OCCCCCCCCOc1ccc(C(=O)Oc2ccc(/C=C/C(=O)OCCC)cc2C)cc1.N#CCCO. The lowest BCUT2D eigenvalue weighted by Crippen LogP contribution is -2.09. The Morgan fingerprint density at radius 1 is 0.537 bits per heavy atom. The molecular weight excluding hydrogens is 1020 g/mol. The van der Waals surface area contributed by atoms with Gasteiger partial charge >= 0.3 is 35.8 Å². The van der Waals surface area contributed by atoms with Gasteiger partial charge in [0.25, 0.3) is 0 Å². The lowest BCUT2D eigenvalue weighted by molar-refractivity contribution is -0.139. The van der Waals surface area contributed by atoms with Gasteiger partial charge in [-0.15, -0.1) is 0 Å². The summed E-state index contributed by atoms with van der Waals surface area (Å²) in [6.45, 7) is 18.4. The van der Waals surface area contributed by atoms with Crippen LogP contribution in [0.15, 0.2) is 121 Å². The molecule has 0 aliphatic carbocycles. The number of carbonyl (C=O) groups is 6. The van der Waals surface area contributed by atoms with Crippen LogP contribution in [0.2, 0.25) is 0 Å². The number of aliphatic hydroxyl groups excluding tert-OH is 1. The van der Waals surface area contributed by atoms with Crippen LogP contribution in [-0.2, 0) is 33.4 Å². The second-order valence-corrected chi connectivity index (χ2v) is 18.5. The number of hydrogen-bond donors (Lipinski definition) is 2. The number of ether oxygens (including phenoxy) is 7. The van der Waals surface area contributed by atoms with Crippen LogP contribution in [0.25, 0.3) is 12.2 Å². The number of nitrogens with zero attached hydrogens (tertiary/aromatic N) is 1. The van der Waals surface area contributed by atoms with E-state index in [0.29, 0.717) is 83.9 Å². The fourth-order valence-corrected chi connectivity index (χ4v) is 6.88. The van der Waals surface area contributed by atoms with Gasteiger partial charge in [0.05, 0.1) is 63.3 Å². The Bertz CT molecular complexity index is 2680. The smallest absolute Gasteiger partial charge is 0.343 e. The molecule has 0 saturated heterocycles. The van der Waals surface area contributed by atoms with Crippen molar-refractivity contribution >= 4 is 48.0 Å². The summed E-state index contributed by atoms with van der Waals surface area (Å²) in [5.41, 5.74) is 4.71. The number of aliphatic hydroxyl groups is 1. The van der Waals surface area contributed by atoms with Gasteiger partial charge in [-0.3, -0.25) is 0 Å². The highest BCUT2D eigenvalue weighted by Crippen LogP contribution is 2.24. The summed E-state index contributed by atoms with van der Waals surface area (Å²) in [6.07, 6.45) is 18.8. The number of carbonyl (C=O) groups excluding carboxylic acids is 5. The number of rotatable bonds is 33. The maximum absolute atomic E-state index is 12.6. The molecule has 0 saturated carbocycles. The quantitative estimate of drug-likeness (QED) is 0.0148. The third kappa shape index (κ3) is 30.6. The Labute approximate surface area is 471 Å². The number of unbranched alkanes of at least 4 members (excludes halogenated alkanes) is 10. The number of hydrogen-bond acceptors (Lipinski definition) is 15. The Balaban J connectivity index is 0.000000505. The Kier molecular flexibility index (Phi) is 34.6. The van der Waals surface area contributed by atoms with E-state index in [1.165, 1.54) is 12.2 Å². The summed E-state index contributed by atoms with van der Waals surface area (Å²) >= 11 is 0. The zero-order valence-corrected chi connectivity index (χ0v) is 47.1. The van der Waals surface area contributed by atoms with E-state index in [1.54, 1.807) is 112 Å². The van der Waals surface area contributed by atoms with E-state index in [0.717, 1.165) is 106 Å². The standard InChI is InChI=1S/C32H40O7.C29H34O7.C3H5NO/c1-5-20-37-30(33)19-13-26-12-18-29(25(4)23-26)39-32(35)27-14-16-28(17-15-27)36-21-10-8-6-7-9-11-22-38-31(34)24(2)3;1-21(2)28(32)35-19-9-7-5-4-6-8-18-34-25-14-12-24(13-15-25)29(33)36-26-16-10-23(20-22(26)3)11-17-27(30)31;4-2-1-3-5/h12-19,23H,2,5-11,20-22H2,1,3-4H3;10-17,20H,1,4-9,18-19H2,2-3H3,(H,30,31);5H,1,3H2/b19-13+;17-11+;. The lowest BCUT2D eigenvalue weighted by atomic mass is 10.1. The maximum atomic E-state index is 12.6. The molecule has 4 aromatic carbocycles. The highest BCUT2D eigenvalue weighted by atomic mass is 16.6. The van der Waals surface area contributed by atoms with Crippen molar-refractivity contribution in [3.63, 3.8) is 0 Å². The van der Waals surface area contributed by atoms with E-state index in [-0.39, 0.29) is 30.9 Å². The molecule has 0 unspecified atom stereocenters. The first-order valence-electron chi connectivity index (χ1n) is 27.0. The van der Waals surface area contributed by atoms with Crippen LogP contribution in [-0.4, -0.2) is 85.7 Å². The molecule has 0 aromatic heterocycles. The fraction of sp³-hybridized carbons (Fsp3) is 0.391. The van der Waals surface area contributed by atoms with Crippen molar-refractivity contribution in [1.29, 1.82) is 5.26 Å². The number of aryl methyl sites for hydroxylation is 2. The predicted molar refractivity (Wildman–Crippen MR) is 307 cm³/mol. The van der Waals surface area contributed by atoms with Gasteiger partial charge in [0.1, 0.15) is 23.0 Å². The topological polar surface area (TPSA) is 231 Å². The second-order valence-electron chi connectivity index (χ2n) is 18.5. The lowest BCUT2D eigenvalue weighted by Gasteiger charge is -2.10. The Morgan fingerprint density at radius 2 is 0.925 bits per heavy atom. The number of benzene rings is 4. The van der Waals surface area contributed by atoms with E-state index in [9.17, 15) is 28.8 Å². The van der Waals surface area contributed by atoms with Crippen LogP contribution in [0.4, 0.5) is 0 Å². The molecule has 4 rings (SSSR count). The van der Waals surface area contributed by atoms with Crippen molar-refractivity contribution < 1.29 is 72.1 Å². The molecule has 2 N–H and O–H groups in total. The number of carboxylic acids is 1. The first-order valence-corrected chi connectivity index (χ1v) is 27.0. The van der Waals surface area contributed by atoms with Gasteiger partial charge in [-0.1, -0.05) is 83.6 Å². The molecule has 80 heavy (non-hydrogen) atoms. The zero-order chi connectivity index (χ0) is 58.9. The minimum Gasteiger partial charge on any atom is -0.494 e. The van der Waals surface area contributed by atoms with Crippen LogP contribution in [0, 0.1) is 25.2 Å². The summed E-state index contributed by atoms with van der Waals surface area (Å²) < 4.78 is 37.8. The van der Waals surface area contributed by atoms with Crippen molar-refractivity contribution in [2.45, 2.75) is 125 Å². The molecule has 0 bridgehead atoms. The molecule has 0 fully saturated rings. The van der Waals surface area contributed by atoms with Crippen molar-refractivity contribution in [3.8, 4) is 29.1 Å². The van der Waals surface area contributed by atoms with Gasteiger partial charge < -0.3 is 43.4 Å². The molecule has 0 aliphatic rings. The first-order chi connectivity index (χ1) is 38.5. The molecule has 0 spiro atoms. The van der Waals surface area contributed by atoms with E-state index in [2.05, 4.69) is 13.2 Å². The number of aliphatic carboxylic acids is 1. The average molecular weight is 1100 g/mol. The van der Waals surface area contributed by atoms with Crippen LogP contribution in [0.5, 0.6) is 23.0 Å². The Hall–Kier alpha value is -8.29. The van der Waals surface area contributed by atoms with Crippen molar-refractivity contribution in [2.75, 3.05) is 39.6 Å². The third-order valence-electron chi connectivity index (χ3n) is 11.3. The molecule has 0 aliphatic heterocycles. The largest absolute Gasteiger partial charge is 0.494 e. The van der Waals surface area contributed by atoms with E-state index in [1.807, 2.05) is 19.9 Å². The van der Waals surface area contributed by atoms with Gasteiger partial charge in [-0.2, -0.15) is 5.26 Å². The summed E-state index contributed by atoms with van der Waals surface area (Å²) in [7, 11) is 0. The first kappa shape index (κ1) is 67.8. The highest BCUT2D eigenvalue weighted by molar-refractivity contribution is 5.92. The number of nitriles is 1. The van der Waals surface area contributed by atoms with Gasteiger partial charge in [0.2, 0.25) is 0 Å². The van der Waals surface area contributed by atoms with Crippen LogP contribution >= 0.6 is 0 Å². The van der Waals surface area contributed by atoms with E-state index in [4.69, 9.17) is 48.6 Å². The summed E-state index contributed by atoms with van der Waals surface area (Å²) in [4.78, 5) is 69.9. The van der Waals surface area contributed by atoms with Crippen molar-refractivity contribution in [2.24, 2.45) is 0 Å². The summed E-state index contributed by atoms with van der Waals surface area (Å²) in [5.74, 6) is -0.723. The van der Waals surface area contributed by atoms with Gasteiger partial charge in [-0.25, -0.2) is 28.8 Å². The molecule has 4 aromatic rings. The summed E-state index contributed by atoms with van der Waals surface area (Å²) in [6, 6.07) is 25.9.